The number of rotatable bonds is 3. The van der Waals surface area contributed by atoms with Crippen LogP contribution in [-0.4, -0.2) is 41.3 Å². The van der Waals surface area contributed by atoms with Gasteiger partial charge >= 0.3 is 0 Å². The molecule has 0 aliphatic carbocycles. The predicted octanol–water partition coefficient (Wildman–Crippen LogP) is 2.72. The Labute approximate surface area is 145 Å². The SMILES string of the molecule is Cc1cc2c(Nc3ccc(C#N)cc3)nc(N3CCOCC3)nc2[nH]1. The zero-order chi connectivity index (χ0) is 17.2. The Hall–Kier alpha value is -3.11. The van der Waals surface area contributed by atoms with Crippen LogP contribution in [0, 0.1) is 18.3 Å². The van der Waals surface area contributed by atoms with Crippen molar-refractivity contribution in [1.82, 2.24) is 15.0 Å². The number of benzene rings is 1. The van der Waals surface area contributed by atoms with Gasteiger partial charge in [-0.3, -0.25) is 0 Å². The molecule has 0 atom stereocenters. The Balaban J connectivity index is 1.73. The van der Waals surface area contributed by atoms with E-state index in [1.807, 2.05) is 25.1 Å². The summed E-state index contributed by atoms with van der Waals surface area (Å²) in [5.41, 5.74) is 3.35. The van der Waals surface area contributed by atoms with Crippen LogP contribution in [0.5, 0.6) is 0 Å². The van der Waals surface area contributed by atoms with Crippen LogP contribution in [0.3, 0.4) is 0 Å². The molecule has 25 heavy (non-hydrogen) atoms. The number of anilines is 3. The lowest BCUT2D eigenvalue weighted by Crippen LogP contribution is -2.37. The molecule has 3 aromatic rings. The van der Waals surface area contributed by atoms with E-state index in [4.69, 9.17) is 15.0 Å². The first-order valence-electron chi connectivity index (χ1n) is 8.20. The molecule has 1 saturated heterocycles. The number of H-pyrrole nitrogens is 1. The zero-order valence-corrected chi connectivity index (χ0v) is 13.9. The van der Waals surface area contributed by atoms with Gasteiger partial charge in [0.25, 0.3) is 0 Å². The molecule has 126 valence electrons. The van der Waals surface area contributed by atoms with Crippen molar-refractivity contribution in [3.05, 3.63) is 41.6 Å². The highest BCUT2D eigenvalue weighted by molar-refractivity contribution is 5.90. The summed E-state index contributed by atoms with van der Waals surface area (Å²) in [6.07, 6.45) is 0. The predicted molar refractivity (Wildman–Crippen MR) is 96.1 cm³/mol. The normalized spacial score (nSPS) is 14.5. The Morgan fingerprint density at radius 2 is 1.96 bits per heavy atom. The van der Waals surface area contributed by atoms with Crippen LogP contribution in [0.2, 0.25) is 0 Å². The molecule has 1 aliphatic rings. The van der Waals surface area contributed by atoms with Crippen molar-refractivity contribution in [1.29, 1.82) is 5.26 Å². The number of aromatic amines is 1. The van der Waals surface area contributed by atoms with Crippen molar-refractivity contribution in [3.8, 4) is 6.07 Å². The van der Waals surface area contributed by atoms with Crippen LogP contribution in [0.4, 0.5) is 17.5 Å². The molecule has 0 unspecified atom stereocenters. The van der Waals surface area contributed by atoms with Gasteiger partial charge in [0, 0.05) is 24.5 Å². The van der Waals surface area contributed by atoms with Gasteiger partial charge in [-0.25, -0.2) is 0 Å². The lowest BCUT2D eigenvalue weighted by atomic mass is 10.2. The summed E-state index contributed by atoms with van der Waals surface area (Å²) in [5, 5.41) is 13.2. The number of aryl methyl sites for hydroxylation is 1. The van der Waals surface area contributed by atoms with E-state index in [0.29, 0.717) is 24.7 Å². The molecule has 0 spiro atoms. The van der Waals surface area contributed by atoms with E-state index in [2.05, 4.69) is 26.3 Å². The van der Waals surface area contributed by atoms with E-state index in [9.17, 15) is 0 Å². The molecule has 3 heterocycles. The van der Waals surface area contributed by atoms with Gasteiger partial charge in [0.1, 0.15) is 11.5 Å². The van der Waals surface area contributed by atoms with Gasteiger partial charge in [-0.2, -0.15) is 15.2 Å². The monoisotopic (exact) mass is 334 g/mol. The van der Waals surface area contributed by atoms with Gasteiger partial charge in [-0.15, -0.1) is 0 Å². The highest BCUT2D eigenvalue weighted by Gasteiger charge is 2.17. The fourth-order valence-corrected chi connectivity index (χ4v) is 2.89. The maximum Gasteiger partial charge on any atom is 0.229 e. The van der Waals surface area contributed by atoms with Gasteiger partial charge in [0.15, 0.2) is 0 Å². The molecule has 0 saturated carbocycles. The van der Waals surface area contributed by atoms with Crippen molar-refractivity contribution in [2.24, 2.45) is 0 Å². The third-order valence-electron chi connectivity index (χ3n) is 4.18. The van der Waals surface area contributed by atoms with E-state index >= 15 is 0 Å². The first-order valence-corrected chi connectivity index (χ1v) is 8.20. The van der Waals surface area contributed by atoms with Crippen molar-refractivity contribution >= 4 is 28.5 Å². The molecule has 7 heteroatoms. The van der Waals surface area contributed by atoms with Crippen molar-refractivity contribution in [3.63, 3.8) is 0 Å². The van der Waals surface area contributed by atoms with E-state index in [1.165, 1.54) is 0 Å². The zero-order valence-electron chi connectivity index (χ0n) is 13.9. The molecule has 0 radical (unpaired) electrons. The summed E-state index contributed by atoms with van der Waals surface area (Å²) in [6, 6.07) is 11.5. The van der Waals surface area contributed by atoms with Crippen LogP contribution in [0.25, 0.3) is 11.0 Å². The minimum absolute atomic E-state index is 0.630. The Bertz CT molecular complexity index is 935. The summed E-state index contributed by atoms with van der Waals surface area (Å²) in [7, 11) is 0. The van der Waals surface area contributed by atoms with Crippen LogP contribution in [0.15, 0.2) is 30.3 Å². The van der Waals surface area contributed by atoms with E-state index in [1.54, 1.807) is 12.1 Å². The molecule has 7 nitrogen and oxygen atoms in total. The van der Waals surface area contributed by atoms with Gasteiger partial charge in [0.2, 0.25) is 5.95 Å². The molecular formula is C18H18N6O. The summed E-state index contributed by atoms with van der Waals surface area (Å²) in [5.74, 6) is 1.44. The van der Waals surface area contributed by atoms with Crippen LogP contribution >= 0.6 is 0 Å². The average Bonchev–Trinajstić information content (AvgIpc) is 3.03. The summed E-state index contributed by atoms with van der Waals surface area (Å²) >= 11 is 0. The number of morpholine rings is 1. The number of hydrogen-bond donors (Lipinski definition) is 2. The highest BCUT2D eigenvalue weighted by atomic mass is 16.5. The second-order valence-corrected chi connectivity index (χ2v) is 6.00. The molecule has 2 aromatic heterocycles. The minimum atomic E-state index is 0.630. The molecule has 4 rings (SSSR count). The van der Waals surface area contributed by atoms with Crippen molar-refractivity contribution in [2.75, 3.05) is 36.5 Å². The fraction of sp³-hybridized carbons (Fsp3) is 0.278. The quantitative estimate of drug-likeness (QED) is 0.765. The lowest BCUT2D eigenvalue weighted by molar-refractivity contribution is 0.122. The maximum atomic E-state index is 8.93. The van der Waals surface area contributed by atoms with E-state index in [0.717, 1.165) is 41.3 Å². The van der Waals surface area contributed by atoms with E-state index in [-0.39, 0.29) is 0 Å². The van der Waals surface area contributed by atoms with Gasteiger partial charge in [-0.05, 0) is 37.3 Å². The fourth-order valence-electron chi connectivity index (χ4n) is 2.89. The third-order valence-corrected chi connectivity index (χ3v) is 4.18. The lowest BCUT2D eigenvalue weighted by Gasteiger charge is -2.27. The largest absolute Gasteiger partial charge is 0.378 e. The molecular weight excluding hydrogens is 316 g/mol. The first kappa shape index (κ1) is 15.4. The van der Waals surface area contributed by atoms with Crippen molar-refractivity contribution < 1.29 is 4.74 Å². The summed E-state index contributed by atoms with van der Waals surface area (Å²) in [6.45, 7) is 4.93. The molecule has 1 aliphatic heterocycles. The van der Waals surface area contributed by atoms with Crippen molar-refractivity contribution in [2.45, 2.75) is 6.92 Å². The average molecular weight is 334 g/mol. The smallest absolute Gasteiger partial charge is 0.229 e. The summed E-state index contributed by atoms with van der Waals surface area (Å²) < 4.78 is 5.41. The molecule has 0 bridgehead atoms. The number of aromatic nitrogens is 3. The van der Waals surface area contributed by atoms with Crippen LogP contribution in [0.1, 0.15) is 11.3 Å². The number of nitrogens with one attached hydrogen (secondary N) is 2. The number of nitriles is 1. The highest BCUT2D eigenvalue weighted by Crippen LogP contribution is 2.27. The Kier molecular flexibility index (Phi) is 3.96. The standard InChI is InChI=1S/C18H18N6O/c1-12-10-15-16(20-12)22-18(24-6-8-25-9-7-24)23-17(15)21-14-4-2-13(11-19)3-5-14/h2-5,10H,6-9H2,1H3,(H2,20,21,22,23). The number of nitrogens with zero attached hydrogens (tertiary/aromatic N) is 4. The van der Waals surface area contributed by atoms with Gasteiger partial charge in [0.05, 0.1) is 30.2 Å². The van der Waals surface area contributed by atoms with E-state index < -0.39 is 0 Å². The first-order chi connectivity index (χ1) is 12.2. The Morgan fingerprint density at radius 3 is 2.68 bits per heavy atom. The molecule has 0 amide bonds. The molecule has 1 aromatic carbocycles. The minimum Gasteiger partial charge on any atom is -0.378 e. The second kappa shape index (κ2) is 6.42. The Morgan fingerprint density at radius 1 is 1.20 bits per heavy atom. The number of ether oxygens (including phenoxy) is 1. The summed E-state index contributed by atoms with van der Waals surface area (Å²) in [4.78, 5) is 14.8. The number of fused-ring (bicyclic) bond motifs is 1. The number of hydrogen-bond acceptors (Lipinski definition) is 6. The third kappa shape index (κ3) is 3.12. The second-order valence-electron chi connectivity index (χ2n) is 6.00. The van der Waals surface area contributed by atoms with Crippen LogP contribution < -0.4 is 10.2 Å². The topological polar surface area (TPSA) is 89.9 Å². The van der Waals surface area contributed by atoms with Gasteiger partial charge < -0.3 is 19.9 Å². The molecule has 1 fully saturated rings. The van der Waals surface area contributed by atoms with Crippen LogP contribution in [-0.2, 0) is 4.74 Å². The van der Waals surface area contributed by atoms with Gasteiger partial charge in [-0.1, -0.05) is 0 Å². The maximum absolute atomic E-state index is 8.93. The molecule has 2 N–H and O–H groups in total.